The summed E-state index contributed by atoms with van der Waals surface area (Å²) in [6, 6.07) is 26.7. The van der Waals surface area contributed by atoms with E-state index in [0.29, 0.717) is 23.7 Å². The summed E-state index contributed by atoms with van der Waals surface area (Å²) in [6.45, 7) is 2.50. The number of amides is 2. The molecule has 2 aromatic heterocycles. The van der Waals surface area contributed by atoms with E-state index in [0.717, 1.165) is 39.8 Å². The van der Waals surface area contributed by atoms with Crippen molar-refractivity contribution in [1.82, 2.24) is 19.2 Å². The summed E-state index contributed by atoms with van der Waals surface area (Å²) in [5.41, 5.74) is 5.25. The second-order valence-corrected chi connectivity index (χ2v) is 9.74. The number of fused-ring (bicyclic) bond motifs is 4. The molecule has 0 spiro atoms. The van der Waals surface area contributed by atoms with Crippen molar-refractivity contribution in [2.75, 3.05) is 19.2 Å². The highest BCUT2D eigenvalue weighted by Gasteiger charge is 2.36. The summed E-state index contributed by atoms with van der Waals surface area (Å²) in [6.07, 6.45) is 2.03. The summed E-state index contributed by atoms with van der Waals surface area (Å²) < 4.78 is 20.6. The van der Waals surface area contributed by atoms with Gasteiger partial charge in [0.1, 0.15) is 11.6 Å². The zero-order valence-corrected chi connectivity index (χ0v) is 22.1. The molecular weight excluding hydrogens is 506 g/mol. The van der Waals surface area contributed by atoms with Crippen LogP contribution in [0.4, 0.5) is 10.5 Å². The molecule has 0 aliphatic carbocycles. The number of hydrogen-bond acceptors (Lipinski definition) is 5. The van der Waals surface area contributed by atoms with E-state index in [-0.39, 0.29) is 12.8 Å². The quantitative estimate of drug-likeness (QED) is 0.314. The van der Waals surface area contributed by atoms with Gasteiger partial charge in [-0.3, -0.25) is 0 Å². The van der Waals surface area contributed by atoms with E-state index in [1.807, 2.05) is 89.4 Å². The Morgan fingerprint density at radius 3 is 2.67 bits per heavy atom. The predicted octanol–water partition coefficient (Wildman–Crippen LogP) is 5.85. The normalized spacial score (nSPS) is 15.2. The van der Waals surface area contributed by atoms with Gasteiger partial charge in [0.25, 0.3) is 0 Å². The second kappa shape index (κ2) is 9.53. The molecular formula is C31H27N5O4. The number of aryl methyl sites for hydroxylation is 1. The van der Waals surface area contributed by atoms with Crippen molar-refractivity contribution in [3.63, 3.8) is 0 Å². The topological polar surface area (TPSA) is 82.8 Å². The molecule has 0 radical (unpaired) electrons. The first-order valence-corrected chi connectivity index (χ1v) is 13.0. The first kappa shape index (κ1) is 23.9. The van der Waals surface area contributed by atoms with Crippen LogP contribution in [0.25, 0.3) is 11.5 Å². The zero-order chi connectivity index (χ0) is 27.2. The van der Waals surface area contributed by atoms with Gasteiger partial charge in [-0.15, -0.1) is 0 Å². The van der Waals surface area contributed by atoms with Crippen LogP contribution in [0.2, 0.25) is 0 Å². The second-order valence-electron chi connectivity index (χ2n) is 9.74. The number of carbonyl (C=O) groups is 1. The van der Waals surface area contributed by atoms with Crippen molar-refractivity contribution in [1.29, 1.82) is 0 Å². The number of nitrogens with one attached hydrogen (secondary N) is 1. The third-order valence-corrected chi connectivity index (χ3v) is 7.38. The number of urea groups is 1. The summed E-state index contributed by atoms with van der Waals surface area (Å²) in [4.78, 5) is 16.0. The Morgan fingerprint density at radius 2 is 1.82 bits per heavy atom. The summed E-state index contributed by atoms with van der Waals surface area (Å²) in [7, 11) is 1.65. The molecule has 9 nitrogen and oxygen atoms in total. The molecule has 7 rings (SSSR count). The molecule has 5 aromatic rings. The first-order chi connectivity index (χ1) is 19.6. The Labute approximate surface area is 231 Å². The van der Waals surface area contributed by atoms with Gasteiger partial charge in [-0.05, 0) is 61.0 Å². The molecule has 4 heterocycles. The molecule has 9 heteroatoms. The van der Waals surface area contributed by atoms with Gasteiger partial charge in [0.15, 0.2) is 11.5 Å². The lowest BCUT2D eigenvalue weighted by Crippen LogP contribution is -2.38. The van der Waals surface area contributed by atoms with Crippen molar-refractivity contribution in [3.8, 4) is 28.8 Å². The molecule has 2 aliphatic rings. The molecule has 2 amide bonds. The van der Waals surface area contributed by atoms with E-state index in [1.54, 1.807) is 19.2 Å². The van der Waals surface area contributed by atoms with Crippen LogP contribution in [0, 0.1) is 6.92 Å². The average Bonchev–Trinajstić information content (AvgIpc) is 3.70. The molecule has 0 saturated carbocycles. The molecule has 0 saturated heterocycles. The van der Waals surface area contributed by atoms with Crippen LogP contribution in [0.5, 0.6) is 17.2 Å². The SMILES string of the molecule is COc1cccc([C@@H]2c3cccn3-c3c(c(C)nn3-c3ccccc3)CN2C(=O)Nc2ccc3c(c2)OCO3)c1. The van der Waals surface area contributed by atoms with E-state index >= 15 is 0 Å². The smallest absolute Gasteiger partial charge is 0.322 e. The highest BCUT2D eigenvalue weighted by atomic mass is 16.7. The molecule has 0 bridgehead atoms. The number of rotatable bonds is 4. The zero-order valence-electron chi connectivity index (χ0n) is 22.1. The monoisotopic (exact) mass is 533 g/mol. The van der Waals surface area contributed by atoms with Gasteiger partial charge < -0.3 is 29.0 Å². The van der Waals surface area contributed by atoms with E-state index in [2.05, 4.69) is 16.0 Å². The lowest BCUT2D eigenvalue weighted by atomic mass is 10.0. The highest BCUT2D eigenvalue weighted by Crippen LogP contribution is 2.40. The summed E-state index contributed by atoms with van der Waals surface area (Å²) >= 11 is 0. The maximum Gasteiger partial charge on any atom is 0.322 e. The van der Waals surface area contributed by atoms with Crippen molar-refractivity contribution in [3.05, 3.63) is 114 Å². The van der Waals surface area contributed by atoms with Crippen LogP contribution in [-0.4, -0.2) is 39.2 Å². The Balaban J connectivity index is 1.38. The molecule has 1 atom stereocenters. The van der Waals surface area contributed by atoms with Gasteiger partial charge in [0, 0.05) is 23.5 Å². The summed E-state index contributed by atoms with van der Waals surface area (Å²) in [5, 5.41) is 8.00. The maximum atomic E-state index is 14.2. The van der Waals surface area contributed by atoms with E-state index < -0.39 is 6.04 Å². The maximum absolute atomic E-state index is 14.2. The average molecular weight is 534 g/mol. The third kappa shape index (κ3) is 3.94. The molecule has 1 N–H and O–H groups in total. The number of nitrogens with zero attached hydrogens (tertiary/aromatic N) is 4. The fraction of sp³-hybridized carbons (Fsp3) is 0.161. The Bertz CT molecular complexity index is 1730. The van der Waals surface area contributed by atoms with Gasteiger partial charge in [-0.2, -0.15) is 5.10 Å². The Hall–Kier alpha value is -5.18. The summed E-state index contributed by atoms with van der Waals surface area (Å²) in [5.74, 6) is 2.90. The molecule has 40 heavy (non-hydrogen) atoms. The van der Waals surface area contributed by atoms with Crippen molar-refractivity contribution >= 4 is 11.7 Å². The fourth-order valence-corrected chi connectivity index (χ4v) is 5.48. The number of para-hydroxylation sites is 1. The van der Waals surface area contributed by atoms with Gasteiger partial charge >= 0.3 is 6.03 Å². The van der Waals surface area contributed by atoms with Crippen LogP contribution < -0.4 is 19.5 Å². The number of ether oxygens (including phenoxy) is 3. The standard InChI is InChI=1S/C31H27N5O4/c1-20-25-18-35(31(37)32-22-13-14-27-28(17-22)40-19-39-27)29(21-8-6-11-24(16-21)38-2)26-12-7-15-34(26)30(25)36(33-20)23-9-4-3-5-10-23/h3-17,29H,18-19H2,1-2H3,(H,32,37)/t29-/m1/s1. The van der Waals surface area contributed by atoms with Crippen molar-refractivity contribution in [2.24, 2.45) is 0 Å². The molecule has 2 aliphatic heterocycles. The first-order valence-electron chi connectivity index (χ1n) is 13.0. The minimum Gasteiger partial charge on any atom is -0.497 e. The number of anilines is 1. The van der Waals surface area contributed by atoms with Gasteiger partial charge in [-0.25, -0.2) is 9.48 Å². The van der Waals surface area contributed by atoms with Crippen molar-refractivity contribution < 1.29 is 19.0 Å². The number of carbonyl (C=O) groups excluding carboxylic acids is 1. The van der Waals surface area contributed by atoms with Gasteiger partial charge in [-0.1, -0.05) is 30.3 Å². The number of benzene rings is 3. The number of methoxy groups -OCH3 is 1. The van der Waals surface area contributed by atoms with E-state index in [4.69, 9.17) is 19.3 Å². The largest absolute Gasteiger partial charge is 0.497 e. The van der Waals surface area contributed by atoms with Crippen LogP contribution >= 0.6 is 0 Å². The highest BCUT2D eigenvalue weighted by molar-refractivity contribution is 5.90. The van der Waals surface area contributed by atoms with Gasteiger partial charge in [0.05, 0.1) is 36.8 Å². The lowest BCUT2D eigenvalue weighted by molar-refractivity contribution is 0.174. The van der Waals surface area contributed by atoms with Gasteiger partial charge in [0.2, 0.25) is 6.79 Å². The fourth-order valence-electron chi connectivity index (χ4n) is 5.48. The molecule has 0 fully saturated rings. The molecule has 3 aromatic carbocycles. The predicted molar refractivity (Wildman–Crippen MR) is 150 cm³/mol. The minimum absolute atomic E-state index is 0.168. The lowest BCUT2D eigenvalue weighted by Gasteiger charge is -2.31. The Kier molecular flexibility index (Phi) is 5.70. The van der Waals surface area contributed by atoms with Crippen LogP contribution in [0.15, 0.2) is 91.1 Å². The molecule has 200 valence electrons. The Morgan fingerprint density at radius 1 is 0.975 bits per heavy atom. The molecule has 0 unspecified atom stereocenters. The van der Waals surface area contributed by atoms with Crippen LogP contribution in [0.1, 0.15) is 28.6 Å². The van der Waals surface area contributed by atoms with Crippen LogP contribution in [0.3, 0.4) is 0 Å². The third-order valence-electron chi connectivity index (χ3n) is 7.38. The number of aromatic nitrogens is 3. The minimum atomic E-state index is -0.407. The number of hydrogen-bond donors (Lipinski definition) is 1. The van der Waals surface area contributed by atoms with Crippen molar-refractivity contribution in [2.45, 2.75) is 19.5 Å². The van der Waals surface area contributed by atoms with E-state index in [9.17, 15) is 4.79 Å². The van der Waals surface area contributed by atoms with Crippen LogP contribution in [-0.2, 0) is 6.54 Å². The van der Waals surface area contributed by atoms with E-state index in [1.165, 1.54) is 0 Å².